The third kappa shape index (κ3) is 10.0. The van der Waals surface area contributed by atoms with Crippen LogP contribution in [0.5, 0.6) is 0 Å². The van der Waals surface area contributed by atoms with Crippen LogP contribution in [0.4, 0.5) is 4.79 Å². The average molecular weight is 274 g/mol. The monoisotopic (exact) mass is 274 g/mol. The zero-order valence-corrected chi connectivity index (χ0v) is 11.4. The van der Waals surface area contributed by atoms with Gasteiger partial charge in [-0.1, -0.05) is 13.3 Å². The van der Waals surface area contributed by atoms with Crippen molar-refractivity contribution in [1.29, 1.82) is 0 Å². The molecule has 1 atom stereocenters. The van der Waals surface area contributed by atoms with Crippen LogP contribution in [-0.4, -0.2) is 42.8 Å². The number of carboxylic acid groups (broad SMARTS) is 1. The Morgan fingerprint density at radius 2 is 1.95 bits per heavy atom. The quantitative estimate of drug-likeness (QED) is 0.579. The van der Waals surface area contributed by atoms with E-state index in [0.717, 1.165) is 12.8 Å². The molecule has 3 amide bonds. The van der Waals surface area contributed by atoms with Gasteiger partial charge in [0.25, 0.3) is 0 Å². The summed E-state index contributed by atoms with van der Waals surface area (Å²) >= 11 is 0. The lowest BCUT2D eigenvalue weighted by Gasteiger charge is -2.17. The maximum absolute atomic E-state index is 11.5. The molecule has 19 heavy (non-hydrogen) atoms. The summed E-state index contributed by atoms with van der Waals surface area (Å²) < 4.78 is 4.96. The Bertz CT molecular complexity index is 300. The molecule has 0 aliphatic rings. The third-order valence-electron chi connectivity index (χ3n) is 2.39. The van der Waals surface area contributed by atoms with Crippen LogP contribution in [0.25, 0.3) is 0 Å². The molecule has 0 fully saturated rings. The molecule has 110 valence electrons. The number of hydrogen-bond donors (Lipinski definition) is 3. The molecule has 0 saturated heterocycles. The molecule has 0 rings (SSSR count). The molecule has 0 aliphatic heterocycles. The fourth-order valence-corrected chi connectivity index (χ4v) is 1.56. The van der Waals surface area contributed by atoms with Gasteiger partial charge in [-0.2, -0.15) is 0 Å². The number of carbonyl (C=O) groups excluding carboxylic acids is 2. The zero-order chi connectivity index (χ0) is 14.7. The number of nitrogens with one attached hydrogen (secondary N) is 2. The van der Waals surface area contributed by atoms with E-state index in [4.69, 9.17) is 9.84 Å². The van der Waals surface area contributed by atoms with Gasteiger partial charge in [0.2, 0.25) is 5.91 Å². The van der Waals surface area contributed by atoms with Crippen molar-refractivity contribution < 1.29 is 24.2 Å². The predicted molar refractivity (Wildman–Crippen MR) is 68.7 cm³/mol. The highest BCUT2D eigenvalue weighted by Crippen LogP contribution is 1.98. The molecule has 0 aromatic carbocycles. The van der Waals surface area contributed by atoms with Crippen molar-refractivity contribution in [2.45, 2.75) is 45.1 Å². The highest BCUT2D eigenvalue weighted by atomic mass is 16.5. The molecule has 0 radical (unpaired) electrons. The summed E-state index contributed by atoms with van der Waals surface area (Å²) in [7, 11) is 1.54. The number of aliphatic carboxylic acids is 1. The van der Waals surface area contributed by atoms with Crippen molar-refractivity contribution in [1.82, 2.24) is 10.6 Å². The Hall–Kier alpha value is -1.63. The second kappa shape index (κ2) is 10.3. The van der Waals surface area contributed by atoms with Crippen LogP contribution in [-0.2, 0) is 14.3 Å². The number of hydrogen-bond acceptors (Lipinski definition) is 4. The summed E-state index contributed by atoms with van der Waals surface area (Å²) in [5.74, 6) is -1.44. The van der Waals surface area contributed by atoms with E-state index in [1.807, 2.05) is 6.92 Å². The first-order valence-electron chi connectivity index (χ1n) is 6.30. The topological polar surface area (TPSA) is 105 Å². The Kier molecular flexibility index (Phi) is 9.42. The van der Waals surface area contributed by atoms with Crippen molar-refractivity contribution in [2.75, 3.05) is 13.7 Å². The van der Waals surface area contributed by atoms with Crippen LogP contribution >= 0.6 is 0 Å². The van der Waals surface area contributed by atoms with Gasteiger partial charge in [0.1, 0.15) is 0 Å². The molecule has 0 aromatic heterocycles. The fourth-order valence-electron chi connectivity index (χ4n) is 1.56. The van der Waals surface area contributed by atoms with Crippen molar-refractivity contribution in [3.05, 3.63) is 0 Å². The van der Waals surface area contributed by atoms with Gasteiger partial charge in [-0.05, 0) is 12.8 Å². The Labute approximate surface area is 112 Å². The first-order valence-corrected chi connectivity index (χ1v) is 6.30. The molecule has 3 N–H and O–H groups in total. The highest BCUT2D eigenvalue weighted by Gasteiger charge is 2.13. The fraction of sp³-hybridized carbons (Fsp3) is 0.750. The minimum absolute atomic E-state index is 0.0163. The van der Waals surface area contributed by atoms with Gasteiger partial charge >= 0.3 is 12.0 Å². The van der Waals surface area contributed by atoms with E-state index in [0.29, 0.717) is 6.61 Å². The van der Waals surface area contributed by atoms with Gasteiger partial charge < -0.3 is 15.2 Å². The zero-order valence-electron chi connectivity index (χ0n) is 11.4. The number of amides is 3. The molecular formula is C12H22N2O5. The first kappa shape index (κ1) is 17.4. The van der Waals surface area contributed by atoms with Crippen molar-refractivity contribution in [2.24, 2.45) is 0 Å². The molecule has 0 bridgehead atoms. The minimum Gasteiger partial charge on any atom is -0.481 e. The van der Waals surface area contributed by atoms with Crippen LogP contribution in [0, 0.1) is 0 Å². The number of carbonyl (C=O) groups is 3. The van der Waals surface area contributed by atoms with Crippen molar-refractivity contribution in [3.63, 3.8) is 0 Å². The number of rotatable bonds is 9. The number of carboxylic acids is 1. The SMILES string of the molecule is CCCC(COC)NC(=O)NC(=O)CCCC(=O)O. The molecule has 0 aliphatic carbocycles. The molecule has 7 nitrogen and oxygen atoms in total. The predicted octanol–water partition coefficient (Wildman–Crippen LogP) is 0.882. The number of imide groups is 1. The lowest BCUT2D eigenvalue weighted by molar-refractivity contribution is -0.137. The summed E-state index contributed by atoms with van der Waals surface area (Å²) in [6.07, 6.45) is 1.79. The Morgan fingerprint density at radius 1 is 1.26 bits per heavy atom. The summed E-state index contributed by atoms with van der Waals surface area (Å²) in [5, 5.41) is 13.2. The van der Waals surface area contributed by atoms with Gasteiger partial charge in [0, 0.05) is 20.0 Å². The van der Waals surface area contributed by atoms with Gasteiger partial charge in [-0.3, -0.25) is 14.9 Å². The maximum atomic E-state index is 11.5. The van der Waals surface area contributed by atoms with E-state index < -0.39 is 17.9 Å². The Morgan fingerprint density at radius 3 is 2.47 bits per heavy atom. The summed E-state index contributed by atoms with van der Waals surface area (Å²) in [6.45, 7) is 2.37. The first-order chi connectivity index (χ1) is 8.99. The number of methoxy groups -OCH3 is 1. The van der Waals surface area contributed by atoms with Crippen LogP contribution in [0.15, 0.2) is 0 Å². The van der Waals surface area contributed by atoms with E-state index in [2.05, 4.69) is 10.6 Å². The van der Waals surface area contributed by atoms with E-state index in [9.17, 15) is 14.4 Å². The van der Waals surface area contributed by atoms with Crippen molar-refractivity contribution >= 4 is 17.9 Å². The largest absolute Gasteiger partial charge is 0.481 e. The second-order valence-corrected chi connectivity index (χ2v) is 4.21. The lowest BCUT2D eigenvalue weighted by Crippen LogP contribution is -2.46. The summed E-state index contributed by atoms with van der Waals surface area (Å²) in [6, 6.07) is -0.711. The normalized spacial score (nSPS) is 11.7. The minimum atomic E-state index is -0.958. The van der Waals surface area contributed by atoms with Crippen LogP contribution < -0.4 is 10.6 Å². The molecule has 0 spiro atoms. The summed E-state index contributed by atoms with van der Waals surface area (Å²) in [5.41, 5.74) is 0. The van der Waals surface area contributed by atoms with Crippen molar-refractivity contribution in [3.8, 4) is 0 Å². The van der Waals surface area contributed by atoms with Crippen LogP contribution in [0.2, 0.25) is 0 Å². The Balaban J connectivity index is 3.93. The van der Waals surface area contributed by atoms with Gasteiger partial charge in [0.05, 0.1) is 12.6 Å². The summed E-state index contributed by atoms with van der Waals surface area (Å²) in [4.78, 5) is 33.1. The molecular weight excluding hydrogens is 252 g/mol. The molecule has 0 heterocycles. The van der Waals surface area contributed by atoms with E-state index >= 15 is 0 Å². The van der Waals surface area contributed by atoms with Gasteiger partial charge in [-0.15, -0.1) is 0 Å². The lowest BCUT2D eigenvalue weighted by atomic mass is 10.2. The van der Waals surface area contributed by atoms with Gasteiger partial charge in [-0.25, -0.2) is 4.79 Å². The third-order valence-corrected chi connectivity index (χ3v) is 2.39. The molecule has 1 unspecified atom stereocenters. The number of urea groups is 1. The van der Waals surface area contributed by atoms with Gasteiger partial charge in [0.15, 0.2) is 0 Å². The van der Waals surface area contributed by atoms with Crippen LogP contribution in [0.3, 0.4) is 0 Å². The smallest absolute Gasteiger partial charge is 0.321 e. The molecule has 0 aromatic rings. The maximum Gasteiger partial charge on any atom is 0.321 e. The highest BCUT2D eigenvalue weighted by molar-refractivity contribution is 5.94. The molecule has 7 heteroatoms. The molecule has 0 saturated carbocycles. The second-order valence-electron chi connectivity index (χ2n) is 4.21. The van der Waals surface area contributed by atoms with Crippen LogP contribution in [0.1, 0.15) is 39.0 Å². The number of ether oxygens (including phenoxy) is 1. The van der Waals surface area contributed by atoms with E-state index in [1.54, 1.807) is 7.11 Å². The average Bonchev–Trinajstić information content (AvgIpc) is 2.28. The van der Waals surface area contributed by atoms with E-state index in [1.165, 1.54) is 0 Å². The van der Waals surface area contributed by atoms with E-state index in [-0.39, 0.29) is 25.3 Å². The standard InChI is InChI=1S/C12H22N2O5/c1-3-5-9(8-19-2)13-12(18)14-10(15)6-4-7-11(16)17/h9H,3-8H2,1-2H3,(H,16,17)(H2,13,14,15,18).